The number of carbonyl (C=O) groups is 2. The number of nitrogens with two attached hydrogens (primary N) is 1. The molecule has 1 aliphatic rings. The third-order valence-electron chi connectivity index (χ3n) is 6.15. The minimum Gasteiger partial charge on any atom is -0.459 e. The van der Waals surface area contributed by atoms with Crippen molar-refractivity contribution in [3.63, 3.8) is 0 Å². The molecule has 37 heavy (non-hydrogen) atoms. The summed E-state index contributed by atoms with van der Waals surface area (Å²) in [7, 11) is 0. The first-order valence-corrected chi connectivity index (χ1v) is 11.7. The maximum atomic E-state index is 12.9. The van der Waals surface area contributed by atoms with Crippen LogP contribution in [0.3, 0.4) is 0 Å². The van der Waals surface area contributed by atoms with Gasteiger partial charge in [0.25, 0.3) is 5.56 Å². The number of hydrogen-bond acceptors (Lipinski definition) is 9. The van der Waals surface area contributed by atoms with Crippen LogP contribution < -0.4 is 11.3 Å². The van der Waals surface area contributed by atoms with Crippen LogP contribution in [0.25, 0.3) is 11.2 Å². The van der Waals surface area contributed by atoms with E-state index < -0.39 is 35.9 Å². The molecule has 190 valence electrons. The number of carbonyl (C=O) groups excluding carboxylic acids is 2. The summed E-state index contributed by atoms with van der Waals surface area (Å²) in [6, 6.07) is 14.0. The Morgan fingerprint density at radius 2 is 1.68 bits per heavy atom. The van der Waals surface area contributed by atoms with Gasteiger partial charge in [0.1, 0.15) is 25.0 Å². The molecule has 11 nitrogen and oxygen atoms in total. The van der Waals surface area contributed by atoms with Gasteiger partial charge in [-0.05, 0) is 38.1 Å². The molecule has 0 aliphatic carbocycles. The highest BCUT2D eigenvalue weighted by molar-refractivity contribution is 5.90. The van der Waals surface area contributed by atoms with Crippen LogP contribution in [0.2, 0.25) is 0 Å². The highest BCUT2D eigenvalue weighted by atomic mass is 16.6. The summed E-state index contributed by atoms with van der Waals surface area (Å²) in [5, 5.41) is 0. The second-order valence-electron chi connectivity index (χ2n) is 8.91. The fourth-order valence-electron chi connectivity index (χ4n) is 4.12. The maximum Gasteiger partial charge on any atom is 0.338 e. The molecule has 4 aromatic rings. The molecule has 3 heterocycles. The topological polar surface area (TPSA) is 151 Å². The van der Waals surface area contributed by atoms with E-state index in [1.54, 1.807) is 28.8 Å². The lowest BCUT2D eigenvalue weighted by molar-refractivity contribution is -0.0563. The zero-order valence-electron chi connectivity index (χ0n) is 20.2. The van der Waals surface area contributed by atoms with Crippen LogP contribution in [-0.2, 0) is 14.2 Å². The number of esters is 2. The molecule has 2 aromatic carbocycles. The number of anilines is 1. The number of rotatable bonds is 6. The van der Waals surface area contributed by atoms with Crippen molar-refractivity contribution in [3.05, 3.63) is 87.5 Å². The lowest BCUT2D eigenvalue weighted by atomic mass is 10.1. The molecular formula is C26H25N5O6. The van der Waals surface area contributed by atoms with E-state index in [4.69, 9.17) is 19.9 Å². The first-order valence-electron chi connectivity index (χ1n) is 11.7. The highest BCUT2D eigenvalue weighted by Crippen LogP contribution is 2.33. The number of nitrogen functional groups attached to an aromatic ring is 1. The zero-order valence-corrected chi connectivity index (χ0v) is 20.2. The Hall–Kier alpha value is -4.51. The Kier molecular flexibility index (Phi) is 6.45. The number of hydrogen-bond donors (Lipinski definition) is 2. The number of ether oxygens (including phenoxy) is 3. The highest BCUT2D eigenvalue weighted by Gasteiger charge is 2.40. The molecule has 1 saturated heterocycles. The summed E-state index contributed by atoms with van der Waals surface area (Å²) < 4.78 is 19.0. The summed E-state index contributed by atoms with van der Waals surface area (Å²) in [6.45, 7) is 3.69. The largest absolute Gasteiger partial charge is 0.459 e. The molecule has 0 amide bonds. The number of imidazole rings is 1. The van der Waals surface area contributed by atoms with Crippen molar-refractivity contribution >= 4 is 29.1 Å². The average molecular weight is 504 g/mol. The summed E-state index contributed by atoms with van der Waals surface area (Å²) >= 11 is 0. The Balaban J connectivity index is 1.38. The van der Waals surface area contributed by atoms with Gasteiger partial charge in [-0.2, -0.15) is 4.98 Å². The predicted octanol–water partition coefficient (Wildman–Crippen LogP) is 2.69. The number of benzene rings is 2. The summed E-state index contributed by atoms with van der Waals surface area (Å²) in [5.41, 5.74) is 8.37. The molecule has 2 aromatic heterocycles. The van der Waals surface area contributed by atoms with Crippen LogP contribution in [-0.4, -0.2) is 50.3 Å². The normalized spacial score (nSPS) is 19.1. The van der Waals surface area contributed by atoms with Crippen molar-refractivity contribution in [3.8, 4) is 0 Å². The van der Waals surface area contributed by atoms with Gasteiger partial charge >= 0.3 is 11.9 Å². The lowest BCUT2D eigenvalue weighted by Gasteiger charge is -2.19. The maximum absolute atomic E-state index is 12.9. The van der Waals surface area contributed by atoms with Gasteiger partial charge in [0, 0.05) is 6.42 Å². The predicted molar refractivity (Wildman–Crippen MR) is 133 cm³/mol. The summed E-state index contributed by atoms with van der Waals surface area (Å²) in [5.74, 6) is -1.12. The standard InChI is InChI=1S/C26H25N5O6/c1-14-3-7-16(8-4-14)24(33)35-12-19-18(37-25(34)17-9-5-15(2)6-10-17)11-20(36-19)31-13-28-21-22(31)29-26(27)30-23(21)32/h3-10,13,18-20H,11-12H2,1-2H3,(H3,27,29,30,32)/t18-,19+,20+/m0/s1. The van der Waals surface area contributed by atoms with Crippen LogP contribution >= 0.6 is 0 Å². The molecule has 0 saturated carbocycles. The Morgan fingerprint density at radius 1 is 1.05 bits per heavy atom. The van der Waals surface area contributed by atoms with Gasteiger partial charge < -0.3 is 19.9 Å². The molecule has 5 rings (SSSR count). The van der Waals surface area contributed by atoms with Gasteiger partial charge in [-0.15, -0.1) is 0 Å². The Bertz CT molecular complexity index is 1510. The third kappa shape index (κ3) is 5.07. The van der Waals surface area contributed by atoms with E-state index >= 15 is 0 Å². The van der Waals surface area contributed by atoms with E-state index in [0.717, 1.165) is 11.1 Å². The van der Waals surface area contributed by atoms with Crippen molar-refractivity contribution < 1.29 is 23.8 Å². The van der Waals surface area contributed by atoms with Crippen molar-refractivity contribution in [2.45, 2.75) is 38.7 Å². The summed E-state index contributed by atoms with van der Waals surface area (Å²) in [4.78, 5) is 48.4. The monoisotopic (exact) mass is 503 g/mol. The fraction of sp³-hybridized carbons (Fsp3) is 0.269. The second-order valence-corrected chi connectivity index (χ2v) is 8.91. The SMILES string of the molecule is Cc1ccc(C(=O)OC[C@H]2O[C@@H](n3cnc4c(=O)[nH]c(N)nc43)C[C@@H]2OC(=O)c2ccc(C)cc2)cc1. The molecule has 1 fully saturated rings. The first-order chi connectivity index (χ1) is 17.8. The first kappa shape index (κ1) is 24.2. The molecule has 0 bridgehead atoms. The molecule has 1 aliphatic heterocycles. The zero-order chi connectivity index (χ0) is 26.1. The molecule has 0 unspecified atom stereocenters. The van der Waals surface area contributed by atoms with Crippen LogP contribution in [0.15, 0.2) is 59.7 Å². The second kappa shape index (κ2) is 9.86. The molecule has 0 spiro atoms. The lowest BCUT2D eigenvalue weighted by Crippen LogP contribution is -2.32. The van der Waals surface area contributed by atoms with Crippen LogP contribution in [0, 0.1) is 13.8 Å². The quantitative estimate of drug-likeness (QED) is 0.378. The van der Waals surface area contributed by atoms with Gasteiger partial charge in [-0.25, -0.2) is 14.6 Å². The smallest absolute Gasteiger partial charge is 0.338 e. The molecule has 3 N–H and O–H groups in total. The molecule has 0 radical (unpaired) electrons. The van der Waals surface area contributed by atoms with Crippen LogP contribution in [0.1, 0.15) is 44.5 Å². The average Bonchev–Trinajstić information content (AvgIpc) is 3.47. The van der Waals surface area contributed by atoms with Gasteiger partial charge in [0.05, 0.1) is 17.5 Å². The van der Waals surface area contributed by atoms with Crippen molar-refractivity contribution in [2.24, 2.45) is 0 Å². The molecule has 11 heteroatoms. The van der Waals surface area contributed by atoms with Crippen molar-refractivity contribution in [2.75, 3.05) is 12.3 Å². The fourth-order valence-corrected chi connectivity index (χ4v) is 4.12. The number of nitrogens with one attached hydrogen (secondary N) is 1. The summed E-state index contributed by atoms with van der Waals surface area (Å²) in [6.07, 6.45) is -0.592. The number of aromatic nitrogens is 4. The van der Waals surface area contributed by atoms with E-state index in [1.165, 1.54) is 6.33 Å². The minimum absolute atomic E-state index is 0.0665. The van der Waals surface area contributed by atoms with Gasteiger partial charge in [0.15, 0.2) is 11.2 Å². The number of aryl methyl sites for hydroxylation is 2. The number of aromatic amines is 1. The van der Waals surface area contributed by atoms with E-state index in [2.05, 4.69) is 15.0 Å². The molecule has 3 atom stereocenters. The number of H-pyrrole nitrogens is 1. The van der Waals surface area contributed by atoms with Crippen LogP contribution in [0.4, 0.5) is 5.95 Å². The van der Waals surface area contributed by atoms with Gasteiger partial charge in [-0.3, -0.25) is 14.3 Å². The van der Waals surface area contributed by atoms with Crippen molar-refractivity contribution in [1.29, 1.82) is 0 Å². The van der Waals surface area contributed by atoms with E-state index in [1.807, 2.05) is 38.1 Å². The van der Waals surface area contributed by atoms with E-state index in [0.29, 0.717) is 11.1 Å². The Morgan fingerprint density at radius 3 is 2.32 bits per heavy atom. The number of fused-ring (bicyclic) bond motifs is 1. The van der Waals surface area contributed by atoms with Gasteiger partial charge in [-0.1, -0.05) is 35.4 Å². The third-order valence-corrected chi connectivity index (χ3v) is 6.15. The van der Waals surface area contributed by atoms with Crippen LogP contribution in [0.5, 0.6) is 0 Å². The molecular weight excluding hydrogens is 478 g/mol. The van der Waals surface area contributed by atoms with E-state index in [9.17, 15) is 14.4 Å². The Labute approximate surface area is 211 Å². The van der Waals surface area contributed by atoms with Crippen molar-refractivity contribution in [1.82, 2.24) is 19.5 Å². The van der Waals surface area contributed by atoms with Gasteiger partial charge in [0.2, 0.25) is 5.95 Å². The number of nitrogens with zero attached hydrogens (tertiary/aromatic N) is 3. The minimum atomic E-state index is -0.773. The van der Waals surface area contributed by atoms with E-state index in [-0.39, 0.29) is 30.1 Å².